The molecular weight excluding hydrogens is 352 g/mol. The summed E-state index contributed by atoms with van der Waals surface area (Å²) in [6.07, 6.45) is 0.414. The smallest absolute Gasteiger partial charge is 0.222 e. The molecule has 0 aliphatic carbocycles. The summed E-state index contributed by atoms with van der Waals surface area (Å²) in [5, 5.41) is 6.75. The highest BCUT2D eigenvalue weighted by atomic mass is 79.9. The van der Waals surface area contributed by atoms with Gasteiger partial charge in [0.25, 0.3) is 0 Å². The maximum atomic E-state index is 11.8. The Morgan fingerprint density at radius 2 is 1.95 bits per heavy atom. The molecule has 0 fully saturated rings. The van der Waals surface area contributed by atoms with Crippen molar-refractivity contribution in [1.29, 1.82) is 0 Å². The molecule has 0 saturated carbocycles. The van der Waals surface area contributed by atoms with Gasteiger partial charge in [-0.05, 0) is 29.8 Å². The summed E-state index contributed by atoms with van der Waals surface area (Å²) >= 11 is 9.45. The Morgan fingerprint density at radius 3 is 2.71 bits per heavy atom. The molecule has 0 aliphatic rings. The number of anilines is 1. The highest BCUT2D eigenvalue weighted by Gasteiger charge is 2.03. The van der Waals surface area contributed by atoms with Crippen molar-refractivity contribution in [3.63, 3.8) is 0 Å². The molecule has 0 saturated heterocycles. The predicted molar refractivity (Wildman–Crippen MR) is 90.5 cm³/mol. The maximum absolute atomic E-state index is 11.8. The van der Waals surface area contributed by atoms with Crippen LogP contribution in [0, 0.1) is 0 Å². The van der Waals surface area contributed by atoms with Crippen LogP contribution in [0.4, 0.5) is 5.69 Å². The van der Waals surface area contributed by atoms with Gasteiger partial charge in [-0.2, -0.15) is 0 Å². The van der Waals surface area contributed by atoms with E-state index in [1.165, 1.54) is 0 Å². The van der Waals surface area contributed by atoms with Crippen molar-refractivity contribution in [2.75, 3.05) is 11.9 Å². The van der Waals surface area contributed by atoms with Crippen molar-refractivity contribution in [3.8, 4) is 0 Å². The molecule has 2 N–H and O–H groups in total. The van der Waals surface area contributed by atoms with Gasteiger partial charge in [0.1, 0.15) is 0 Å². The average Bonchev–Trinajstić information content (AvgIpc) is 2.46. The first-order valence-corrected chi connectivity index (χ1v) is 7.82. The molecule has 0 unspecified atom stereocenters. The summed E-state index contributed by atoms with van der Waals surface area (Å²) in [5.74, 6) is -0.00239. The normalized spacial score (nSPS) is 10.2. The molecule has 0 spiro atoms. The Morgan fingerprint density at radius 1 is 1.14 bits per heavy atom. The lowest BCUT2D eigenvalue weighted by Gasteiger charge is -2.08. The number of rotatable bonds is 6. The molecule has 2 rings (SSSR count). The average molecular weight is 368 g/mol. The first kappa shape index (κ1) is 15.9. The van der Waals surface area contributed by atoms with E-state index in [0.29, 0.717) is 24.5 Å². The first-order chi connectivity index (χ1) is 10.1. The lowest BCUT2D eigenvalue weighted by atomic mass is 10.2. The van der Waals surface area contributed by atoms with Gasteiger partial charge in [-0.3, -0.25) is 4.79 Å². The first-order valence-electron chi connectivity index (χ1n) is 6.65. The molecule has 0 aromatic heterocycles. The Balaban J connectivity index is 1.72. The van der Waals surface area contributed by atoms with Gasteiger partial charge >= 0.3 is 0 Å². The largest absolute Gasteiger partial charge is 0.384 e. The highest BCUT2D eigenvalue weighted by Crippen LogP contribution is 2.16. The third-order valence-electron chi connectivity index (χ3n) is 2.94. The minimum atomic E-state index is -0.00239. The number of amides is 1. The number of hydrogen-bond donors (Lipinski definition) is 2. The van der Waals surface area contributed by atoms with Gasteiger partial charge in [0.05, 0.1) is 0 Å². The number of halogens is 2. The van der Waals surface area contributed by atoms with Crippen LogP contribution in [-0.2, 0) is 11.3 Å². The van der Waals surface area contributed by atoms with Crippen LogP contribution in [0.15, 0.2) is 53.0 Å². The van der Waals surface area contributed by atoms with Crippen molar-refractivity contribution in [3.05, 3.63) is 63.6 Å². The van der Waals surface area contributed by atoms with E-state index in [1.807, 2.05) is 48.5 Å². The van der Waals surface area contributed by atoms with Crippen LogP contribution in [0.25, 0.3) is 0 Å². The second kappa shape index (κ2) is 8.05. The minimum absolute atomic E-state index is 0.00239. The summed E-state index contributed by atoms with van der Waals surface area (Å²) in [4.78, 5) is 11.8. The van der Waals surface area contributed by atoms with E-state index in [2.05, 4.69) is 26.6 Å². The zero-order chi connectivity index (χ0) is 15.1. The quantitative estimate of drug-likeness (QED) is 0.802. The fraction of sp³-hybridized carbons (Fsp3) is 0.188. The Kier molecular flexibility index (Phi) is 6.08. The second-order valence-corrected chi connectivity index (χ2v) is 5.88. The van der Waals surface area contributed by atoms with Crippen molar-refractivity contribution >= 4 is 39.1 Å². The van der Waals surface area contributed by atoms with E-state index in [0.717, 1.165) is 15.7 Å². The van der Waals surface area contributed by atoms with Crippen LogP contribution in [-0.4, -0.2) is 12.5 Å². The summed E-state index contributed by atoms with van der Waals surface area (Å²) in [6.45, 7) is 1.04. The fourth-order valence-corrected chi connectivity index (χ4v) is 2.44. The van der Waals surface area contributed by atoms with Gasteiger partial charge in [-0.1, -0.05) is 51.8 Å². The molecule has 1 amide bonds. The summed E-state index contributed by atoms with van der Waals surface area (Å²) in [5.41, 5.74) is 1.91. The maximum Gasteiger partial charge on any atom is 0.222 e. The number of benzene rings is 2. The molecule has 5 heteroatoms. The molecule has 110 valence electrons. The molecule has 0 radical (unpaired) electrons. The Hall–Kier alpha value is -1.52. The van der Waals surface area contributed by atoms with E-state index in [-0.39, 0.29) is 5.91 Å². The van der Waals surface area contributed by atoms with Crippen LogP contribution in [0.1, 0.15) is 12.0 Å². The number of hydrogen-bond acceptors (Lipinski definition) is 2. The molecule has 0 bridgehead atoms. The summed E-state index contributed by atoms with van der Waals surface area (Å²) in [6, 6.07) is 15.3. The molecule has 3 nitrogen and oxygen atoms in total. The molecule has 0 aliphatic heterocycles. The number of nitrogens with one attached hydrogen (secondary N) is 2. The monoisotopic (exact) mass is 366 g/mol. The predicted octanol–water partition coefficient (Wildman–Crippen LogP) is 4.22. The van der Waals surface area contributed by atoms with Crippen LogP contribution < -0.4 is 10.6 Å². The minimum Gasteiger partial charge on any atom is -0.384 e. The van der Waals surface area contributed by atoms with E-state index >= 15 is 0 Å². The van der Waals surface area contributed by atoms with Gasteiger partial charge in [-0.15, -0.1) is 0 Å². The lowest BCUT2D eigenvalue weighted by molar-refractivity contribution is -0.121. The number of carbonyl (C=O) groups excluding carboxylic acids is 1. The van der Waals surface area contributed by atoms with Gasteiger partial charge in [0.2, 0.25) is 5.91 Å². The van der Waals surface area contributed by atoms with E-state index in [9.17, 15) is 4.79 Å². The van der Waals surface area contributed by atoms with Crippen LogP contribution >= 0.6 is 27.5 Å². The Labute approximate surface area is 137 Å². The molecule has 0 atom stereocenters. The molecule has 21 heavy (non-hydrogen) atoms. The molecule has 2 aromatic rings. The van der Waals surface area contributed by atoms with E-state index < -0.39 is 0 Å². The van der Waals surface area contributed by atoms with Crippen LogP contribution in [0.3, 0.4) is 0 Å². The lowest BCUT2D eigenvalue weighted by Crippen LogP contribution is -2.25. The Bertz CT molecular complexity index is 619. The molecule has 0 heterocycles. The fourth-order valence-electron chi connectivity index (χ4n) is 1.84. The summed E-state index contributed by atoms with van der Waals surface area (Å²) in [7, 11) is 0. The van der Waals surface area contributed by atoms with Gasteiger partial charge in [0.15, 0.2) is 0 Å². The number of carbonyl (C=O) groups is 1. The topological polar surface area (TPSA) is 41.1 Å². The van der Waals surface area contributed by atoms with Crippen LogP contribution in [0.2, 0.25) is 5.02 Å². The zero-order valence-corrected chi connectivity index (χ0v) is 13.7. The van der Waals surface area contributed by atoms with Crippen LogP contribution in [0.5, 0.6) is 0 Å². The SMILES string of the molecule is O=C(CCNc1cccc(Br)c1)NCc1ccccc1Cl. The molecular formula is C16H16BrClN2O. The molecule has 2 aromatic carbocycles. The van der Waals surface area contributed by atoms with Crippen molar-refractivity contribution in [2.45, 2.75) is 13.0 Å². The van der Waals surface area contributed by atoms with Crippen molar-refractivity contribution in [1.82, 2.24) is 5.32 Å². The van der Waals surface area contributed by atoms with E-state index in [1.54, 1.807) is 0 Å². The third kappa shape index (κ3) is 5.40. The zero-order valence-electron chi connectivity index (χ0n) is 11.4. The van der Waals surface area contributed by atoms with Gasteiger partial charge in [0, 0.05) is 34.7 Å². The van der Waals surface area contributed by atoms with Crippen molar-refractivity contribution in [2.24, 2.45) is 0 Å². The third-order valence-corrected chi connectivity index (χ3v) is 3.80. The van der Waals surface area contributed by atoms with Gasteiger partial charge in [-0.25, -0.2) is 0 Å². The van der Waals surface area contributed by atoms with Gasteiger partial charge < -0.3 is 10.6 Å². The standard InChI is InChI=1S/C16H16BrClN2O/c17-13-5-3-6-14(10-13)19-9-8-16(21)20-11-12-4-1-2-7-15(12)18/h1-7,10,19H,8-9,11H2,(H,20,21). The summed E-state index contributed by atoms with van der Waals surface area (Å²) < 4.78 is 1.01. The van der Waals surface area contributed by atoms with E-state index in [4.69, 9.17) is 11.6 Å². The highest BCUT2D eigenvalue weighted by molar-refractivity contribution is 9.10. The second-order valence-electron chi connectivity index (χ2n) is 4.56. The van der Waals surface area contributed by atoms with Crippen molar-refractivity contribution < 1.29 is 4.79 Å².